The van der Waals surface area contributed by atoms with Gasteiger partial charge in [-0.05, 0) is 31.5 Å². The molecule has 18 heavy (non-hydrogen) atoms. The quantitative estimate of drug-likeness (QED) is 0.917. The van der Waals surface area contributed by atoms with Gasteiger partial charge in [-0.15, -0.1) is 0 Å². The highest BCUT2D eigenvalue weighted by Gasteiger charge is 2.29. The van der Waals surface area contributed by atoms with E-state index in [9.17, 15) is 13.2 Å². The number of likely N-dealkylation sites (N-methyl/N-ethyl adjacent to an activating group) is 1. The first kappa shape index (κ1) is 14.9. The number of aryl methyl sites for hydroxylation is 1. The summed E-state index contributed by atoms with van der Waals surface area (Å²) in [5.74, 6) is -1.21. The van der Waals surface area contributed by atoms with Gasteiger partial charge in [0.25, 0.3) is 0 Å². The average Bonchev–Trinajstić information content (AvgIpc) is 2.30. The lowest BCUT2D eigenvalue weighted by Crippen LogP contribution is -2.40. The van der Waals surface area contributed by atoms with Gasteiger partial charge in [0.15, 0.2) is 0 Å². The van der Waals surface area contributed by atoms with E-state index in [1.807, 2.05) is 0 Å². The summed E-state index contributed by atoms with van der Waals surface area (Å²) in [6, 6.07) is 3.16. The molecule has 1 N–H and O–H groups in total. The second-order valence-electron chi connectivity index (χ2n) is 3.95. The molecule has 0 heterocycles. The highest BCUT2D eigenvalue weighted by Crippen LogP contribution is 2.23. The van der Waals surface area contributed by atoms with Crippen molar-refractivity contribution in [3.63, 3.8) is 0 Å². The largest absolute Gasteiger partial charge is 0.480 e. The van der Waals surface area contributed by atoms with E-state index < -0.39 is 22.0 Å². The predicted octanol–water partition coefficient (Wildman–Crippen LogP) is 1.74. The van der Waals surface area contributed by atoms with Crippen LogP contribution < -0.4 is 0 Å². The zero-order valence-electron chi connectivity index (χ0n) is 10.2. The molecule has 0 aliphatic carbocycles. The number of carbonyl (C=O) groups is 1. The summed E-state index contributed by atoms with van der Waals surface area (Å²) < 4.78 is 25.1. The lowest BCUT2D eigenvalue weighted by molar-refractivity contribution is -0.140. The van der Waals surface area contributed by atoms with Crippen molar-refractivity contribution in [2.45, 2.75) is 24.8 Å². The molecule has 100 valence electrons. The number of carboxylic acid groups (broad SMARTS) is 1. The molecule has 1 aromatic rings. The van der Waals surface area contributed by atoms with Crippen LogP contribution in [0.1, 0.15) is 12.5 Å². The molecular weight excluding hydrogens is 278 g/mol. The maximum absolute atomic E-state index is 12.1. The van der Waals surface area contributed by atoms with Gasteiger partial charge in [0.05, 0.1) is 4.90 Å². The summed E-state index contributed by atoms with van der Waals surface area (Å²) in [6.45, 7) is 3.05. The van der Waals surface area contributed by atoms with Gasteiger partial charge in [-0.2, -0.15) is 4.31 Å². The highest BCUT2D eigenvalue weighted by atomic mass is 35.5. The van der Waals surface area contributed by atoms with Crippen molar-refractivity contribution in [2.75, 3.05) is 7.05 Å². The Hall–Kier alpha value is -1.11. The first-order valence-corrected chi connectivity index (χ1v) is 6.96. The van der Waals surface area contributed by atoms with Crippen LogP contribution in [0, 0.1) is 6.92 Å². The normalized spacial score (nSPS) is 13.6. The van der Waals surface area contributed by atoms with Crippen molar-refractivity contribution in [3.8, 4) is 0 Å². The second kappa shape index (κ2) is 5.26. The maximum Gasteiger partial charge on any atom is 0.321 e. The Bertz CT molecular complexity index is 570. The molecule has 5 nitrogen and oxygen atoms in total. The van der Waals surface area contributed by atoms with E-state index in [-0.39, 0.29) is 4.90 Å². The molecule has 0 amide bonds. The SMILES string of the molecule is Cc1ccc(S(=O)(=O)N(C)[C@@H](C)C(=O)O)cc1Cl. The summed E-state index contributed by atoms with van der Waals surface area (Å²) in [7, 11) is -2.63. The monoisotopic (exact) mass is 291 g/mol. The van der Waals surface area contributed by atoms with E-state index in [4.69, 9.17) is 16.7 Å². The van der Waals surface area contributed by atoms with Crippen molar-refractivity contribution in [1.29, 1.82) is 0 Å². The lowest BCUT2D eigenvalue weighted by Gasteiger charge is -2.21. The van der Waals surface area contributed by atoms with Crippen LogP contribution in [-0.2, 0) is 14.8 Å². The minimum atomic E-state index is -3.85. The van der Waals surface area contributed by atoms with E-state index in [0.717, 1.165) is 9.87 Å². The van der Waals surface area contributed by atoms with Gasteiger partial charge >= 0.3 is 5.97 Å². The molecule has 0 aliphatic rings. The summed E-state index contributed by atoms with van der Waals surface area (Å²) in [5.41, 5.74) is 0.754. The third kappa shape index (κ3) is 2.82. The third-order valence-electron chi connectivity index (χ3n) is 2.72. The summed E-state index contributed by atoms with van der Waals surface area (Å²) in [6.07, 6.45) is 0. The molecule has 0 radical (unpaired) electrons. The number of aliphatic carboxylic acids is 1. The fraction of sp³-hybridized carbons (Fsp3) is 0.364. The molecule has 0 unspecified atom stereocenters. The Labute approximate surface area is 111 Å². The number of nitrogens with zero attached hydrogens (tertiary/aromatic N) is 1. The van der Waals surface area contributed by atoms with Crippen LogP contribution in [-0.4, -0.2) is 36.9 Å². The minimum Gasteiger partial charge on any atom is -0.480 e. The second-order valence-corrected chi connectivity index (χ2v) is 6.35. The molecule has 0 bridgehead atoms. The Balaban J connectivity index is 3.21. The van der Waals surface area contributed by atoms with Crippen LogP contribution in [0.25, 0.3) is 0 Å². The van der Waals surface area contributed by atoms with Gasteiger partial charge < -0.3 is 5.11 Å². The molecule has 1 aromatic carbocycles. The van der Waals surface area contributed by atoms with Gasteiger partial charge in [0, 0.05) is 12.1 Å². The number of rotatable bonds is 4. The Morgan fingerprint density at radius 1 is 1.44 bits per heavy atom. The van der Waals surface area contributed by atoms with Gasteiger partial charge in [-0.1, -0.05) is 17.7 Å². The Morgan fingerprint density at radius 2 is 2.00 bits per heavy atom. The van der Waals surface area contributed by atoms with E-state index >= 15 is 0 Å². The summed E-state index contributed by atoms with van der Waals surface area (Å²) >= 11 is 5.87. The Morgan fingerprint density at radius 3 is 2.44 bits per heavy atom. The van der Waals surface area contributed by atoms with E-state index in [1.54, 1.807) is 13.0 Å². The number of halogens is 1. The molecule has 0 fully saturated rings. The molecule has 7 heteroatoms. The molecule has 1 atom stereocenters. The van der Waals surface area contributed by atoms with Crippen LogP contribution in [0.15, 0.2) is 23.1 Å². The standard InChI is InChI=1S/C11H14ClNO4S/c1-7-4-5-9(6-10(7)12)18(16,17)13(3)8(2)11(14)15/h4-6,8H,1-3H3,(H,14,15)/t8-/m0/s1. The van der Waals surface area contributed by atoms with Crippen molar-refractivity contribution >= 4 is 27.6 Å². The fourth-order valence-electron chi connectivity index (χ4n) is 1.26. The van der Waals surface area contributed by atoms with Crippen LogP contribution >= 0.6 is 11.6 Å². The molecule has 0 aliphatic heterocycles. The van der Waals surface area contributed by atoms with Gasteiger partial charge in [0.1, 0.15) is 6.04 Å². The molecular formula is C11H14ClNO4S. The maximum atomic E-state index is 12.1. The van der Waals surface area contributed by atoms with Gasteiger partial charge in [-0.3, -0.25) is 4.79 Å². The van der Waals surface area contributed by atoms with E-state index in [2.05, 4.69) is 0 Å². The topological polar surface area (TPSA) is 74.7 Å². The van der Waals surface area contributed by atoms with Crippen LogP contribution in [0.5, 0.6) is 0 Å². The zero-order valence-corrected chi connectivity index (χ0v) is 11.8. The number of carboxylic acids is 1. The molecule has 0 spiro atoms. The summed E-state index contributed by atoms with van der Waals surface area (Å²) in [4.78, 5) is 10.8. The van der Waals surface area contributed by atoms with Crippen molar-refractivity contribution in [1.82, 2.24) is 4.31 Å². The molecule has 0 saturated carbocycles. The van der Waals surface area contributed by atoms with Gasteiger partial charge in [0.2, 0.25) is 10.0 Å². The smallest absolute Gasteiger partial charge is 0.321 e. The lowest BCUT2D eigenvalue weighted by atomic mass is 10.2. The first-order chi connectivity index (χ1) is 8.17. The number of hydrogen-bond acceptors (Lipinski definition) is 3. The first-order valence-electron chi connectivity index (χ1n) is 5.15. The van der Waals surface area contributed by atoms with Gasteiger partial charge in [-0.25, -0.2) is 8.42 Å². The van der Waals surface area contributed by atoms with Crippen molar-refractivity contribution in [2.24, 2.45) is 0 Å². The fourth-order valence-corrected chi connectivity index (χ4v) is 2.86. The summed E-state index contributed by atoms with van der Waals surface area (Å²) in [5, 5.41) is 9.16. The molecule has 0 aromatic heterocycles. The average molecular weight is 292 g/mol. The Kier molecular flexibility index (Phi) is 4.37. The van der Waals surface area contributed by atoms with Crippen molar-refractivity contribution < 1.29 is 18.3 Å². The van der Waals surface area contributed by atoms with Crippen molar-refractivity contribution in [3.05, 3.63) is 28.8 Å². The van der Waals surface area contributed by atoms with Crippen LogP contribution in [0.3, 0.4) is 0 Å². The zero-order chi connectivity index (χ0) is 14.1. The number of sulfonamides is 1. The molecule has 0 saturated heterocycles. The van der Waals surface area contributed by atoms with E-state index in [1.165, 1.54) is 26.1 Å². The van der Waals surface area contributed by atoms with Crippen LogP contribution in [0.4, 0.5) is 0 Å². The third-order valence-corrected chi connectivity index (χ3v) is 5.05. The van der Waals surface area contributed by atoms with E-state index in [0.29, 0.717) is 5.02 Å². The van der Waals surface area contributed by atoms with Crippen LogP contribution in [0.2, 0.25) is 5.02 Å². The highest BCUT2D eigenvalue weighted by molar-refractivity contribution is 7.89. The predicted molar refractivity (Wildman–Crippen MR) is 68.2 cm³/mol. The minimum absolute atomic E-state index is 0.0197. The number of hydrogen-bond donors (Lipinski definition) is 1. The number of benzene rings is 1. The molecule has 1 rings (SSSR count).